The number of thiophene rings is 1. The number of rotatable bonds is 4. The number of aromatic nitrogens is 2. The highest BCUT2D eigenvalue weighted by molar-refractivity contribution is 7.12. The van der Waals surface area contributed by atoms with E-state index in [2.05, 4.69) is 39.5 Å². The molecule has 0 bridgehead atoms. The molecular formula is C21H28N4O3S. The summed E-state index contributed by atoms with van der Waals surface area (Å²) < 4.78 is 11.1. The second-order valence-electron chi connectivity index (χ2n) is 8.62. The summed E-state index contributed by atoms with van der Waals surface area (Å²) >= 11 is 1.98. The van der Waals surface area contributed by atoms with Crippen molar-refractivity contribution in [2.45, 2.75) is 51.2 Å². The van der Waals surface area contributed by atoms with Crippen molar-refractivity contribution in [2.75, 3.05) is 32.8 Å². The van der Waals surface area contributed by atoms with E-state index in [9.17, 15) is 4.79 Å². The molecule has 3 aliphatic heterocycles. The van der Waals surface area contributed by atoms with Gasteiger partial charge in [0.05, 0.1) is 12.2 Å². The van der Waals surface area contributed by atoms with Gasteiger partial charge in [0, 0.05) is 54.3 Å². The molecule has 2 saturated heterocycles. The first kappa shape index (κ1) is 19.2. The fourth-order valence-electron chi connectivity index (χ4n) is 5.14. The van der Waals surface area contributed by atoms with Gasteiger partial charge in [-0.1, -0.05) is 12.1 Å². The van der Waals surface area contributed by atoms with Crippen LogP contribution >= 0.6 is 11.3 Å². The van der Waals surface area contributed by atoms with E-state index >= 15 is 0 Å². The van der Waals surface area contributed by atoms with Gasteiger partial charge in [0.25, 0.3) is 11.7 Å². The van der Waals surface area contributed by atoms with Crippen LogP contribution in [0.15, 0.2) is 17.0 Å². The van der Waals surface area contributed by atoms with Gasteiger partial charge in [-0.15, -0.1) is 11.3 Å². The number of carbonyl (C=O) groups is 1. The van der Waals surface area contributed by atoms with Crippen LogP contribution in [0, 0.1) is 5.92 Å². The third kappa shape index (κ3) is 3.41. The number of piperidine rings is 1. The Morgan fingerprint density at radius 2 is 2.28 bits per heavy atom. The molecule has 0 N–H and O–H groups in total. The Labute approximate surface area is 175 Å². The molecule has 0 aliphatic carbocycles. The van der Waals surface area contributed by atoms with E-state index in [1.54, 1.807) is 9.78 Å². The first-order chi connectivity index (χ1) is 14.1. The summed E-state index contributed by atoms with van der Waals surface area (Å²) in [4.78, 5) is 23.5. The van der Waals surface area contributed by atoms with Crippen LogP contribution in [0.3, 0.4) is 0 Å². The molecule has 2 aromatic rings. The lowest BCUT2D eigenvalue weighted by atomic mass is 9.79. The first-order valence-corrected chi connectivity index (χ1v) is 11.5. The molecule has 156 valence electrons. The number of hydrogen-bond acceptors (Lipinski definition) is 7. The summed E-state index contributed by atoms with van der Waals surface area (Å²) in [5.74, 6) is 0.537. The largest absolute Gasteiger partial charge is 0.370 e. The van der Waals surface area contributed by atoms with Crippen molar-refractivity contribution < 1.29 is 14.1 Å². The van der Waals surface area contributed by atoms with Gasteiger partial charge in [-0.3, -0.25) is 4.79 Å². The normalized spacial score (nSPS) is 27.8. The number of hydrogen-bond donors (Lipinski definition) is 0. The van der Waals surface area contributed by atoms with E-state index in [1.807, 2.05) is 11.3 Å². The molecule has 1 spiro atoms. The molecule has 0 saturated carbocycles. The molecule has 3 aliphatic rings. The number of likely N-dealkylation sites (tertiary alicyclic amines) is 2. The monoisotopic (exact) mass is 416 g/mol. The molecular weight excluding hydrogens is 388 g/mol. The Hall–Kier alpha value is -1.77. The fourth-order valence-corrected chi connectivity index (χ4v) is 6.31. The molecule has 5 rings (SSSR count). The third-order valence-electron chi connectivity index (χ3n) is 6.75. The number of fused-ring (bicyclic) bond motifs is 2. The van der Waals surface area contributed by atoms with Gasteiger partial charge in [-0.2, -0.15) is 4.98 Å². The highest BCUT2D eigenvalue weighted by Gasteiger charge is 2.45. The summed E-state index contributed by atoms with van der Waals surface area (Å²) in [6, 6.07) is 2.89. The zero-order valence-electron chi connectivity index (χ0n) is 17.1. The van der Waals surface area contributed by atoms with Crippen LogP contribution in [-0.2, 0) is 23.2 Å². The summed E-state index contributed by atoms with van der Waals surface area (Å²) in [5, 5.41) is 3.65. The highest BCUT2D eigenvalue weighted by Crippen LogP contribution is 2.46. The topological polar surface area (TPSA) is 71.7 Å². The van der Waals surface area contributed by atoms with Crippen LogP contribution in [0.5, 0.6) is 0 Å². The van der Waals surface area contributed by atoms with Crippen LogP contribution in [0.4, 0.5) is 0 Å². The smallest absolute Gasteiger partial charge is 0.295 e. The van der Waals surface area contributed by atoms with Gasteiger partial charge in [-0.05, 0) is 37.8 Å². The van der Waals surface area contributed by atoms with Gasteiger partial charge < -0.3 is 19.1 Å². The van der Waals surface area contributed by atoms with Crippen molar-refractivity contribution in [3.63, 3.8) is 0 Å². The fraction of sp³-hybridized carbons (Fsp3) is 0.667. The molecule has 7 nitrogen and oxygen atoms in total. The van der Waals surface area contributed by atoms with Crippen molar-refractivity contribution in [2.24, 2.45) is 5.92 Å². The Kier molecular flexibility index (Phi) is 4.96. The second kappa shape index (κ2) is 7.49. The predicted molar refractivity (Wildman–Crippen MR) is 109 cm³/mol. The number of amides is 1. The summed E-state index contributed by atoms with van der Waals surface area (Å²) in [6.45, 7) is 9.03. The Morgan fingerprint density at radius 3 is 3.00 bits per heavy atom. The standard InChI is InChI=1S/C21H28N4O3S/c1-3-16-8-17-18(29-16)4-7-27-21(17)5-6-24(14(2)9-21)10-15-11-25(12-15)20(26)19-22-13-28-23-19/h8,13-15H,3-7,9-12H2,1-2H3/t14-,21+/m0/s1. The van der Waals surface area contributed by atoms with E-state index in [4.69, 9.17) is 4.74 Å². The van der Waals surface area contributed by atoms with Gasteiger partial charge in [-0.25, -0.2) is 0 Å². The van der Waals surface area contributed by atoms with Crippen LogP contribution in [-0.4, -0.2) is 64.7 Å². The molecule has 29 heavy (non-hydrogen) atoms. The Balaban J connectivity index is 1.19. The number of ether oxygens (including phenoxy) is 1. The molecule has 0 aromatic carbocycles. The number of aryl methyl sites for hydroxylation is 1. The molecule has 2 fully saturated rings. The van der Waals surface area contributed by atoms with Crippen LogP contribution in [0.2, 0.25) is 0 Å². The molecule has 8 heteroatoms. The predicted octanol–water partition coefficient (Wildman–Crippen LogP) is 2.72. The maximum absolute atomic E-state index is 12.2. The Bertz CT molecular complexity index is 877. The average molecular weight is 417 g/mol. The van der Waals surface area contributed by atoms with E-state index in [0.717, 1.165) is 58.5 Å². The quantitative estimate of drug-likeness (QED) is 0.763. The summed E-state index contributed by atoms with van der Waals surface area (Å²) in [7, 11) is 0. The van der Waals surface area contributed by atoms with Crippen molar-refractivity contribution in [3.8, 4) is 0 Å². The molecule has 0 unspecified atom stereocenters. The highest BCUT2D eigenvalue weighted by atomic mass is 32.1. The van der Waals surface area contributed by atoms with E-state index in [-0.39, 0.29) is 17.3 Å². The number of nitrogens with zero attached hydrogens (tertiary/aromatic N) is 4. The molecule has 0 radical (unpaired) electrons. The summed E-state index contributed by atoms with van der Waals surface area (Å²) in [6.07, 6.45) is 5.48. The third-order valence-corrected chi connectivity index (χ3v) is 8.09. The van der Waals surface area contributed by atoms with Crippen molar-refractivity contribution in [3.05, 3.63) is 33.6 Å². The van der Waals surface area contributed by atoms with E-state index < -0.39 is 0 Å². The molecule has 2 atom stereocenters. The lowest BCUT2D eigenvalue weighted by Gasteiger charge is -2.49. The minimum atomic E-state index is -0.132. The maximum atomic E-state index is 12.2. The summed E-state index contributed by atoms with van der Waals surface area (Å²) in [5.41, 5.74) is 1.38. The first-order valence-electron chi connectivity index (χ1n) is 10.6. The van der Waals surface area contributed by atoms with E-state index in [0.29, 0.717) is 12.0 Å². The zero-order valence-corrected chi connectivity index (χ0v) is 17.9. The van der Waals surface area contributed by atoms with Crippen molar-refractivity contribution in [1.82, 2.24) is 19.9 Å². The lowest BCUT2D eigenvalue weighted by Crippen LogP contribution is -2.57. The molecule has 5 heterocycles. The molecule has 2 aromatic heterocycles. The molecule has 1 amide bonds. The zero-order chi connectivity index (χ0) is 20.0. The minimum absolute atomic E-state index is 0.0896. The van der Waals surface area contributed by atoms with Gasteiger partial charge in [0.15, 0.2) is 0 Å². The lowest BCUT2D eigenvalue weighted by molar-refractivity contribution is -0.114. The minimum Gasteiger partial charge on any atom is -0.370 e. The average Bonchev–Trinajstić information content (AvgIpc) is 3.36. The Morgan fingerprint density at radius 1 is 1.41 bits per heavy atom. The number of carbonyl (C=O) groups excluding carboxylic acids is 1. The van der Waals surface area contributed by atoms with Crippen LogP contribution in [0.25, 0.3) is 0 Å². The second-order valence-corrected chi connectivity index (χ2v) is 9.85. The SMILES string of the molecule is CCc1cc2c(s1)CCO[C@@]21CCN(CC2CN(C(=O)c3ncon3)C2)[C@@H](C)C1. The van der Waals surface area contributed by atoms with Crippen LogP contribution in [0.1, 0.15) is 52.6 Å². The van der Waals surface area contributed by atoms with Gasteiger partial charge in [0.1, 0.15) is 0 Å². The van der Waals surface area contributed by atoms with Crippen molar-refractivity contribution >= 4 is 17.2 Å². The van der Waals surface area contributed by atoms with Crippen LogP contribution < -0.4 is 0 Å². The maximum Gasteiger partial charge on any atom is 0.295 e. The van der Waals surface area contributed by atoms with Gasteiger partial charge >= 0.3 is 0 Å². The van der Waals surface area contributed by atoms with Crippen molar-refractivity contribution in [1.29, 1.82) is 0 Å². The van der Waals surface area contributed by atoms with E-state index in [1.165, 1.54) is 16.8 Å². The van der Waals surface area contributed by atoms with Gasteiger partial charge in [0.2, 0.25) is 6.39 Å².